The third-order valence-electron chi connectivity index (χ3n) is 8.36. The molecule has 0 bridgehead atoms. The molecule has 7 aromatic rings. The van der Waals surface area contributed by atoms with Crippen LogP contribution < -0.4 is 0 Å². The first kappa shape index (κ1) is 31.6. The number of rotatable bonds is 10. The van der Waals surface area contributed by atoms with Crippen molar-refractivity contribution in [1.82, 2.24) is 0 Å². The van der Waals surface area contributed by atoms with Crippen molar-refractivity contribution in [2.24, 2.45) is 0 Å². The summed E-state index contributed by atoms with van der Waals surface area (Å²) in [5.74, 6) is 0. The van der Waals surface area contributed by atoms with E-state index in [0.717, 1.165) is 0 Å². The fourth-order valence-electron chi connectivity index (χ4n) is 5.78. The molecule has 0 atom stereocenters. The minimum Gasteiger partial charge on any atom is -0.137 e. The van der Waals surface area contributed by atoms with Crippen molar-refractivity contribution in [1.29, 1.82) is 0 Å². The Morgan fingerprint density at radius 3 is 0.878 bits per heavy atom. The normalized spacial score (nSPS) is 11.1. The van der Waals surface area contributed by atoms with E-state index in [9.17, 15) is 0 Å². The Bertz CT molecular complexity index is 1950. The lowest BCUT2D eigenvalue weighted by Crippen LogP contribution is -1.88. The van der Waals surface area contributed by atoms with Gasteiger partial charge in [0.2, 0.25) is 0 Å². The number of hydrogen-bond donors (Lipinski definition) is 0. The largest absolute Gasteiger partial charge is 0.137 e. The first-order valence-corrected chi connectivity index (χ1v) is 17.4. The predicted molar refractivity (Wildman–Crippen MR) is 215 cm³/mol. The highest BCUT2D eigenvalue weighted by atomic mass is 32.1. The molecule has 0 radical (unpaired) electrons. The highest BCUT2D eigenvalue weighted by Gasteiger charge is 2.06. The zero-order chi connectivity index (χ0) is 33.1. The fourth-order valence-corrected chi connectivity index (χ4v) is 6.60. The van der Waals surface area contributed by atoms with Crippen molar-refractivity contribution >= 4 is 58.9 Å². The van der Waals surface area contributed by atoms with Crippen LogP contribution in [0.5, 0.6) is 0 Å². The van der Waals surface area contributed by atoms with Crippen molar-refractivity contribution in [3.63, 3.8) is 0 Å². The van der Waals surface area contributed by atoms with Crippen LogP contribution in [0.25, 0.3) is 47.6 Å². The topological polar surface area (TPSA) is 0 Å². The quantitative estimate of drug-likeness (QED) is 0.130. The average Bonchev–Trinajstić information content (AvgIpc) is 3.64. The fraction of sp³-hybridized carbons (Fsp3) is 0. The maximum atomic E-state index is 2.27. The van der Waals surface area contributed by atoms with Gasteiger partial charge in [-0.2, -0.15) is 0 Å². The van der Waals surface area contributed by atoms with Crippen LogP contribution in [0.1, 0.15) is 54.3 Å². The molecule has 0 aliphatic rings. The van der Waals surface area contributed by atoms with Gasteiger partial charge in [-0.1, -0.05) is 182 Å². The number of thiophene rings is 1. The van der Waals surface area contributed by atoms with E-state index in [2.05, 4.69) is 218 Å². The Balaban J connectivity index is 1.01. The first-order valence-electron chi connectivity index (χ1n) is 16.6. The molecule has 0 nitrogen and oxygen atoms in total. The van der Waals surface area contributed by atoms with E-state index in [-0.39, 0.29) is 0 Å². The third-order valence-corrected chi connectivity index (χ3v) is 9.38. The van der Waals surface area contributed by atoms with Gasteiger partial charge in [0.05, 0.1) is 0 Å². The molecule has 0 spiro atoms. The zero-order valence-corrected chi connectivity index (χ0v) is 28.0. The Kier molecular flexibility index (Phi) is 10.1. The minimum atomic E-state index is 1.18. The van der Waals surface area contributed by atoms with Gasteiger partial charge in [-0.3, -0.25) is 0 Å². The van der Waals surface area contributed by atoms with E-state index in [1.54, 1.807) is 11.3 Å². The maximum Gasteiger partial charge on any atom is 0.0276 e. The van der Waals surface area contributed by atoms with Gasteiger partial charge in [0, 0.05) is 9.75 Å². The predicted octanol–water partition coefficient (Wildman–Crippen LogP) is 13.3. The van der Waals surface area contributed by atoms with Crippen LogP contribution in [0, 0.1) is 0 Å². The van der Waals surface area contributed by atoms with Gasteiger partial charge in [-0.05, 0) is 92.1 Å². The van der Waals surface area contributed by atoms with Crippen molar-refractivity contribution in [2.45, 2.75) is 0 Å². The van der Waals surface area contributed by atoms with Crippen LogP contribution in [-0.4, -0.2) is 0 Å². The van der Waals surface area contributed by atoms with Gasteiger partial charge in [-0.15, -0.1) is 11.3 Å². The minimum absolute atomic E-state index is 1.18. The molecular weight excluding hydrogens is 609 g/mol. The maximum absolute atomic E-state index is 2.27. The van der Waals surface area contributed by atoms with Gasteiger partial charge in [-0.25, -0.2) is 0 Å². The molecular formula is C48H36S. The lowest BCUT2D eigenvalue weighted by Gasteiger charge is -2.09. The molecule has 1 heteroatoms. The molecule has 0 unspecified atom stereocenters. The third kappa shape index (κ3) is 8.48. The van der Waals surface area contributed by atoms with E-state index in [4.69, 9.17) is 0 Å². The first-order chi connectivity index (χ1) is 24.3. The summed E-state index contributed by atoms with van der Waals surface area (Å²) in [6.07, 6.45) is 13.3. The van der Waals surface area contributed by atoms with Crippen molar-refractivity contribution in [3.8, 4) is 0 Å². The average molecular weight is 645 g/mol. The molecule has 1 aromatic heterocycles. The Labute approximate surface area is 294 Å². The smallest absolute Gasteiger partial charge is 0.0276 e. The van der Waals surface area contributed by atoms with E-state index < -0.39 is 0 Å². The standard InChI is InChI=1S/C48H36S/c1-5-13-41(14-6-1)47(42-15-7-2-8-16-42)35-39-25-21-37(22-26-39)29-31-45-33-34-46(49-45)32-30-38-23-27-40(28-24-38)36-48(43-17-9-3-10-18-43)44-19-11-4-12-20-44/h1-36H. The van der Waals surface area contributed by atoms with Gasteiger partial charge < -0.3 is 0 Å². The lowest BCUT2D eigenvalue weighted by molar-refractivity contribution is 1.55. The summed E-state index contributed by atoms with van der Waals surface area (Å²) >= 11 is 1.79. The summed E-state index contributed by atoms with van der Waals surface area (Å²) in [4.78, 5) is 2.46. The SMILES string of the molecule is C(=Cc1ccc(C=Cc2ccc(C=C(c3ccccc3)c3ccccc3)cc2)s1)c1ccc(C=C(c2ccccc2)c2ccccc2)cc1. The molecule has 0 fully saturated rings. The monoisotopic (exact) mass is 644 g/mol. The second-order valence-electron chi connectivity index (χ2n) is 11.8. The lowest BCUT2D eigenvalue weighted by atomic mass is 9.95. The number of hydrogen-bond acceptors (Lipinski definition) is 1. The molecule has 0 saturated heterocycles. The molecule has 0 aliphatic carbocycles. The summed E-state index contributed by atoms with van der Waals surface area (Å²) in [6, 6.07) is 64.2. The van der Waals surface area contributed by atoms with Gasteiger partial charge in [0.1, 0.15) is 0 Å². The van der Waals surface area contributed by atoms with Crippen molar-refractivity contribution < 1.29 is 0 Å². The molecule has 0 aliphatic heterocycles. The van der Waals surface area contributed by atoms with E-state index in [1.807, 2.05) is 0 Å². The highest BCUT2D eigenvalue weighted by molar-refractivity contribution is 7.13. The van der Waals surface area contributed by atoms with Crippen LogP contribution >= 0.6 is 11.3 Å². The highest BCUT2D eigenvalue weighted by Crippen LogP contribution is 2.28. The van der Waals surface area contributed by atoms with E-state index in [0.29, 0.717) is 0 Å². The van der Waals surface area contributed by atoms with Crippen molar-refractivity contribution in [3.05, 3.63) is 236 Å². The molecule has 234 valence electrons. The molecule has 6 aromatic carbocycles. The second kappa shape index (κ2) is 15.7. The van der Waals surface area contributed by atoms with Crippen LogP contribution in [0.4, 0.5) is 0 Å². The summed E-state index contributed by atoms with van der Waals surface area (Å²) in [5.41, 5.74) is 12.0. The molecule has 1 heterocycles. The summed E-state index contributed by atoms with van der Waals surface area (Å²) in [7, 11) is 0. The van der Waals surface area contributed by atoms with Crippen molar-refractivity contribution in [2.75, 3.05) is 0 Å². The van der Waals surface area contributed by atoms with Gasteiger partial charge in [0.25, 0.3) is 0 Å². The number of benzene rings is 6. The van der Waals surface area contributed by atoms with Crippen LogP contribution in [0.2, 0.25) is 0 Å². The summed E-state index contributed by atoms with van der Waals surface area (Å²) < 4.78 is 0. The zero-order valence-electron chi connectivity index (χ0n) is 27.2. The van der Waals surface area contributed by atoms with E-state index in [1.165, 1.54) is 65.4 Å². The Hall–Kier alpha value is -6.02. The van der Waals surface area contributed by atoms with Crippen LogP contribution in [0.15, 0.2) is 182 Å². The molecule has 49 heavy (non-hydrogen) atoms. The molecule has 7 rings (SSSR count). The van der Waals surface area contributed by atoms with E-state index >= 15 is 0 Å². The Morgan fingerprint density at radius 1 is 0.286 bits per heavy atom. The van der Waals surface area contributed by atoms with Crippen LogP contribution in [-0.2, 0) is 0 Å². The summed E-state index contributed by atoms with van der Waals surface area (Å²) in [5, 5.41) is 0. The Morgan fingerprint density at radius 2 is 0.571 bits per heavy atom. The summed E-state index contributed by atoms with van der Waals surface area (Å²) in [6.45, 7) is 0. The molecule has 0 N–H and O–H groups in total. The van der Waals surface area contributed by atoms with Crippen LogP contribution in [0.3, 0.4) is 0 Å². The van der Waals surface area contributed by atoms with Gasteiger partial charge >= 0.3 is 0 Å². The molecule has 0 saturated carbocycles. The molecule has 0 amide bonds. The second-order valence-corrected chi connectivity index (χ2v) is 13.0. The van der Waals surface area contributed by atoms with Gasteiger partial charge in [0.15, 0.2) is 0 Å².